The molecular formula is C14H19N5OS. The molecule has 1 amide bonds. The molecule has 0 radical (unpaired) electrons. The summed E-state index contributed by atoms with van der Waals surface area (Å²) in [6.45, 7) is 5.65. The number of amides is 1. The minimum Gasteiger partial charge on any atom is -0.335 e. The number of rotatable bonds is 3. The van der Waals surface area contributed by atoms with Gasteiger partial charge >= 0.3 is 0 Å². The SMILES string of the molecule is CC(C)c1nc(C(=O)N2CCC[C@H](n3cncn3)C2)cs1. The zero-order valence-corrected chi connectivity index (χ0v) is 13.1. The van der Waals surface area contributed by atoms with Gasteiger partial charge in [-0.2, -0.15) is 5.10 Å². The number of hydrogen-bond donors (Lipinski definition) is 0. The highest BCUT2D eigenvalue weighted by atomic mass is 32.1. The Morgan fingerprint density at radius 1 is 1.48 bits per heavy atom. The lowest BCUT2D eigenvalue weighted by Gasteiger charge is -2.32. The van der Waals surface area contributed by atoms with Crippen LogP contribution in [0.15, 0.2) is 18.0 Å². The molecule has 2 aromatic rings. The summed E-state index contributed by atoms with van der Waals surface area (Å²) < 4.78 is 1.85. The molecule has 1 saturated heterocycles. The van der Waals surface area contributed by atoms with Crippen LogP contribution in [0.4, 0.5) is 0 Å². The van der Waals surface area contributed by atoms with Gasteiger partial charge < -0.3 is 4.90 Å². The highest BCUT2D eigenvalue weighted by molar-refractivity contribution is 7.09. The van der Waals surface area contributed by atoms with Crippen LogP contribution in [-0.2, 0) is 0 Å². The molecule has 2 aromatic heterocycles. The van der Waals surface area contributed by atoms with Gasteiger partial charge in [-0.1, -0.05) is 13.8 Å². The Morgan fingerprint density at radius 2 is 2.33 bits per heavy atom. The molecule has 0 bridgehead atoms. The van der Waals surface area contributed by atoms with E-state index in [1.165, 1.54) is 6.33 Å². The van der Waals surface area contributed by atoms with Crippen molar-refractivity contribution < 1.29 is 4.79 Å². The third-order valence-corrected chi connectivity index (χ3v) is 4.87. The second-order valence-electron chi connectivity index (χ2n) is 5.65. The number of likely N-dealkylation sites (tertiary alicyclic amines) is 1. The summed E-state index contributed by atoms with van der Waals surface area (Å²) in [5.41, 5.74) is 0.572. The largest absolute Gasteiger partial charge is 0.335 e. The van der Waals surface area contributed by atoms with E-state index in [-0.39, 0.29) is 11.9 Å². The quantitative estimate of drug-likeness (QED) is 0.873. The number of carbonyl (C=O) groups excluding carboxylic acids is 1. The van der Waals surface area contributed by atoms with Crippen LogP contribution < -0.4 is 0 Å². The third kappa shape index (κ3) is 2.97. The number of nitrogens with zero attached hydrogens (tertiary/aromatic N) is 5. The summed E-state index contributed by atoms with van der Waals surface area (Å²) in [6.07, 6.45) is 5.27. The molecule has 0 aliphatic carbocycles. The van der Waals surface area contributed by atoms with Crippen molar-refractivity contribution in [1.82, 2.24) is 24.6 Å². The number of thiazole rings is 1. The number of carbonyl (C=O) groups is 1. The van der Waals surface area contributed by atoms with Crippen LogP contribution in [0, 0.1) is 0 Å². The summed E-state index contributed by atoms with van der Waals surface area (Å²) in [7, 11) is 0. The van der Waals surface area contributed by atoms with Crippen LogP contribution in [0.1, 0.15) is 54.1 Å². The second-order valence-corrected chi connectivity index (χ2v) is 6.54. The topological polar surface area (TPSA) is 63.9 Å². The van der Waals surface area contributed by atoms with Crippen molar-refractivity contribution in [2.45, 2.75) is 38.6 Å². The predicted octanol–water partition coefficient (Wildman–Crippen LogP) is 2.34. The molecule has 0 N–H and O–H groups in total. The highest BCUT2D eigenvalue weighted by Crippen LogP contribution is 2.24. The fourth-order valence-electron chi connectivity index (χ4n) is 2.57. The van der Waals surface area contributed by atoms with Gasteiger partial charge in [-0.05, 0) is 12.8 Å². The van der Waals surface area contributed by atoms with Crippen LogP contribution in [0.5, 0.6) is 0 Å². The van der Waals surface area contributed by atoms with Gasteiger partial charge in [-0.15, -0.1) is 11.3 Å². The van der Waals surface area contributed by atoms with Gasteiger partial charge in [0.2, 0.25) is 0 Å². The predicted molar refractivity (Wildman–Crippen MR) is 80.4 cm³/mol. The molecule has 1 aliphatic heterocycles. The van der Waals surface area contributed by atoms with Crippen molar-refractivity contribution in [3.8, 4) is 0 Å². The molecule has 0 unspecified atom stereocenters. The maximum atomic E-state index is 12.6. The van der Waals surface area contributed by atoms with E-state index in [4.69, 9.17) is 0 Å². The van der Waals surface area contributed by atoms with Crippen molar-refractivity contribution in [2.24, 2.45) is 0 Å². The molecule has 6 nitrogen and oxygen atoms in total. The molecule has 0 saturated carbocycles. The van der Waals surface area contributed by atoms with E-state index < -0.39 is 0 Å². The van der Waals surface area contributed by atoms with Crippen molar-refractivity contribution >= 4 is 17.2 Å². The van der Waals surface area contributed by atoms with Crippen LogP contribution in [0.3, 0.4) is 0 Å². The molecule has 3 heterocycles. The average Bonchev–Trinajstić information content (AvgIpc) is 3.18. The lowest BCUT2D eigenvalue weighted by atomic mass is 10.1. The van der Waals surface area contributed by atoms with Gasteiger partial charge in [0.25, 0.3) is 5.91 Å². The van der Waals surface area contributed by atoms with Gasteiger partial charge in [0, 0.05) is 24.4 Å². The molecule has 0 aromatic carbocycles. The molecule has 21 heavy (non-hydrogen) atoms. The van der Waals surface area contributed by atoms with Crippen LogP contribution >= 0.6 is 11.3 Å². The van der Waals surface area contributed by atoms with Crippen molar-refractivity contribution in [1.29, 1.82) is 0 Å². The second kappa shape index (κ2) is 5.93. The van der Waals surface area contributed by atoms with E-state index in [0.717, 1.165) is 24.4 Å². The third-order valence-electron chi connectivity index (χ3n) is 3.73. The van der Waals surface area contributed by atoms with Crippen molar-refractivity contribution in [3.63, 3.8) is 0 Å². The van der Waals surface area contributed by atoms with Crippen molar-refractivity contribution in [3.05, 3.63) is 28.7 Å². The minimum atomic E-state index is 0.0305. The highest BCUT2D eigenvalue weighted by Gasteiger charge is 2.27. The van der Waals surface area contributed by atoms with Gasteiger partial charge in [-0.25, -0.2) is 14.6 Å². The maximum Gasteiger partial charge on any atom is 0.273 e. The van der Waals surface area contributed by atoms with E-state index in [1.807, 2.05) is 15.0 Å². The smallest absolute Gasteiger partial charge is 0.273 e. The molecule has 7 heteroatoms. The monoisotopic (exact) mass is 305 g/mol. The van der Waals surface area contributed by atoms with Crippen LogP contribution in [-0.4, -0.2) is 43.6 Å². The Balaban J connectivity index is 1.71. The van der Waals surface area contributed by atoms with Gasteiger partial charge in [-0.3, -0.25) is 4.79 Å². The molecule has 0 spiro atoms. The zero-order valence-electron chi connectivity index (χ0n) is 12.3. The van der Waals surface area contributed by atoms with E-state index in [1.54, 1.807) is 17.7 Å². The minimum absolute atomic E-state index is 0.0305. The first-order valence-electron chi connectivity index (χ1n) is 7.24. The number of piperidine rings is 1. The lowest BCUT2D eigenvalue weighted by molar-refractivity contribution is 0.0667. The Kier molecular flexibility index (Phi) is 4.01. The van der Waals surface area contributed by atoms with Gasteiger partial charge in [0.1, 0.15) is 18.3 Å². The Morgan fingerprint density at radius 3 is 3.00 bits per heavy atom. The first kappa shape index (κ1) is 14.2. The van der Waals surface area contributed by atoms with Gasteiger partial charge in [0.15, 0.2) is 0 Å². The zero-order chi connectivity index (χ0) is 14.8. The first-order valence-corrected chi connectivity index (χ1v) is 8.12. The molecule has 1 fully saturated rings. The molecule has 112 valence electrons. The van der Waals surface area contributed by atoms with Gasteiger partial charge in [0.05, 0.1) is 11.0 Å². The maximum absolute atomic E-state index is 12.6. The van der Waals surface area contributed by atoms with E-state index >= 15 is 0 Å². The molecule has 1 aliphatic rings. The molecule has 3 rings (SSSR count). The average molecular weight is 305 g/mol. The van der Waals surface area contributed by atoms with Crippen LogP contribution in [0.25, 0.3) is 0 Å². The fourth-order valence-corrected chi connectivity index (χ4v) is 3.38. The van der Waals surface area contributed by atoms with E-state index in [9.17, 15) is 4.79 Å². The number of aromatic nitrogens is 4. The summed E-state index contributed by atoms with van der Waals surface area (Å²) >= 11 is 1.56. The molecule has 1 atom stereocenters. The lowest BCUT2D eigenvalue weighted by Crippen LogP contribution is -2.41. The Labute approximate surface area is 127 Å². The summed E-state index contributed by atoms with van der Waals surface area (Å²) in [5.74, 6) is 0.392. The number of hydrogen-bond acceptors (Lipinski definition) is 5. The van der Waals surface area contributed by atoms with Crippen molar-refractivity contribution in [2.75, 3.05) is 13.1 Å². The summed E-state index contributed by atoms with van der Waals surface area (Å²) in [5, 5.41) is 7.08. The van der Waals surface area contributed by atoms with E-state index in [2.05, 4.69) is 28.9 Å². The van der Waals surface area contributed by atoms with E-state index in [0.29, 0.717) is 18.2 Å². The Hall–Kier alpha value is -1.76. The Bertz CT molecular complexity index is 607. The fraction of sp³-hybridized carbons (Fsp3) is 0.571. The molecular weight excluding hydrogens is 286 g/mol. The first-order chi connectivity index (χ1) is 10.1. The summed E-state index contributed by atoms with van der Waals surface area (Å²) in [4.78, 5) is 22.9. The summed E-state index contributed by atoms with van der Waals surface area (Å²) in [6, 6.07) is 0.216. The normalized spacial score (nSPS) is 19.2. The standard InChI is InChI=1S/C14H19N5OS/c1-10(2)13-17-12(7-21-13)14(20)18-5-3-4-11(6-18)19-9-15-8-16-19/h7-11H,3-6H2,1-2H3/t11-/m0/s1. The van der Waals surface area contributed by atoms with Crippen LogP contribution in [0.2, 0.25) is 0 Å².